The van der Waals surface area contributed by atoms with Crippen molar-refractivity contribution in [2.24, 2.45) is 0 Å². The maximum atomic E-state index is 11.1. The Bertz CT molecular complexity index is 1420. The van der Waals surface area contributed by atoms with Crippen molar-refractivity contribution in [1.29, 1.82) is 0 Å². The largest absolute Gasteiger partial charge is 0.481 e. The predicted octanol–water partition coefficient (Wildman–Crippen LogP) is 5.77. The van der Waals surface area contributed by atoms with Crippen molar-refractivity contribution < 1.29 is 19.1 Å². The lowest BCUT2D eigenvalue weighted by Crippen LogP contribution is -2.23. The fourth-order valence-corrected chi connectivity index (χ4v) is 6.95. The first kappa shape index (κ1) is 20.9. The zero-order chi connectivity index (χ0) is 22.9. The van der Waals surface area contributed by atoms with Crippen LogP contribution < -0.4 is 4.74 Å². The van der Waals surface area contributed by atoms with Crippen molar-refractivity contribution in [2.75, 3.05) is 13.2 Å². The van der Waals surface area contributed by atoms with Crippen LogP contribution in [0.2, 0.25) is 5.02 Å². The third-order valence-electron chi connectivity index (χ3n) is 7.24. The SMILES string of the molecule is O[C@]1(c2cc3nccc(-c4cc(Cl)cc5c4O[C@@H](c4onc6c4CCCC6)C5)c3s2)CCOC1. The number of hydrogen-bond donors (Lipinski definition) is 1. The lowest BCUT2D eigenvalue weighted by atomic mass is 9.93. The van der Waals surface area contributed by atoms with Crippen LogP contribution in [0.4, 0.5) is 0 Å². The minimum Gasteiger partial charge on any atom is -0.481 e. The molecule has 2 aliphatic heterocycles. The number of ether oxygens (including phenoxy) is 2. The van der Waals surface area contributed by atoms with Crippen molar-refractivity contribution in [3.05, 3.63) is 62.9 Å². The summed E-state index contributed by atoms with van der Waals surface area (Å²) in [7, 11) is 0. The van der Waals surface area contributed by atoms with Gasteiger partial charge in [0.05, 0.1) is 22.5 Å². The first-order valence-electron chi connectivity index (χ1n) is 11.7. The molecular formula is C26H23ClN2O4S. The summed E-state index contributed by atoms with van der Waals surface area (Å²) in [6.07, 6.45) is 7.18. The van der Waals surface area contributed by atoms with Gasteiger partial charge in [-0.05, 0) is 49.9 Å². The molecule has 1 fully saturated rings. The lowest BCUT2D eigenvalue weighted by Gasteiger charge is -2.17. The first-order chi connectivity index (χ1) is 16.6. The number of halogens is 1. The number of aromatic nitrogens is 2. The molecule has 34 heavy (non-hydrogen) atoms. The molecular weight excluding hydrogens is 472 g/mol. The maximum absolute atomic E-state index is 11.1. The monoisotopic (exact) mass is 494 g/mol. The molecule has 0 spiro atoms. The summed E-state index contributed by atoms with van der Waals surface area (Å²) in [4.78, 5) is 5.45. The fourth-order valence-electron chi connectivity index (χ4n) is 5.47. The van der Waals surface area contributed by atoms with Crippen LogP contribution in [0.1, 0.15) is 52.8 Å². The van der Waals surface area contributed by atoms with E-state index in [0.29, 0.717) is 31.1 Å². The normalized spacial score (nSPS) is 23.8. The predicted molar refractivity (Wildman–Crippen MR) is 130 cm³/mol. The van der Waals surface area contributed by atoms with E-state index in [2.05, 4.69) is 10.1 Å². The summed E-state index contributed by atoms with van der Waals surface area (Å²) < 4.78 is 18.8. The molecule has 8 heteroatoms. The van der Waals surface area contributed by atoms with Gasteiger partial charge < -0.3 is 19.1 Å². The van der Waals surface area contributed by atoms with Crippen molar-refractivity contribution in [2.45, 2.75) is 50.2 Å². The molecule has 5 heterocycles. The molecule has 0 amide bonds. The Hall–Kier alpha value is -2.45. The number of aryl methyl sites for hydroxylation is 1. The number of thiophene rings is 1. The Morgan fingerprint density at radius 2 is 2.06 bits per heavy atom. The second kappa shape index (κ2) is 7.78. The second-order valence-electron chi connectivity index (χ2n) is 9.45. The molecule has 1 saturated heterocycles. The highest BCUT2D eigenvalue weighted by Gasteiger charge is 2.37. The first-order valence-corrected chi connectivity index (χ1v) is 12.9. The summed E-state index contributed by atoms with van der Waals surface area (Å²) in [5.74, 6) is 1.69. The average molecular weight is 495 g/mol. The van der Waals surface area contributed by atoms with Gasteiger partial charge >= 0.3 is 0 Å². The number of aliphatic hydroxyl groups is 1. The summed E-state index contributed by atoms with van der Waals surface area (Å²) in [6, 6.07) is 7.92. The van der Waals surface area contributed by atoms with Gasteiger partial charge in [0.1, 0.15) is 11.4 Å². The van der Waals surface area contributed by atoms with E-state index in [4.69, 9.17) is 25.6 Å². The Morgan fingerprint density at radius 3 is 2.94 bits per heavy atom. The number of pyridine rings is 1. The van der Waals surface area contributed by atoms with Gasteiger partial charge in [0.15, 0.2) is 11.9 Å². The molecule has 3 aliphatic rings. The molecule has 4 aromatic rings. The van der Waals surface area contributed by atoms with Crippen LogP contribution in [0.15, 0.2) is 35.0 Å². The fraction of sp³-hybridized carbons (Fsp3) is 0.385. The smallest absolute Gasteiger partial charge is 0.181 e. The second-order valence-corrected chi connectivity index (χ2v) is 10.9. The van der Waals surface area contributed by atoms with E-state index in [1.807, 2.05) is 24.3 Å². The van der Waals surface area contributed by atoms with Crippen molar-refractivity contribution in [1.82, 2.24) is 10.1 Å². The van der Waals surface area contributed by atoms with Crippen LogP contribution in [0, 0.1) is 0 Å². The van der Waals surface area contributed by atoms with E-state index in [0.717, 1.165) is 74.7 Å². The molecule has 0 radical (unpaired) electrons. The zero-order valence-corrected chi connectivity index (χ0v) is 20.0. The number of hydrogen-bond acceptors (Lipinski definition) is 7. The van der Waals surface area contributed by atoms with Gasteiger partial charge in [0, 0.05) is 57.8 Å². The van der Waals surface area contributed by atoms with Crippen molar-refractivity contribution >= 4 is 33.2 Å². The number of benzene rings is 1. The molecule has 0 unspecified atom stereocenters. The van der Waals surface area contributed by atoms with Crippen molar-refractivity contribution in [3.63, 3.8) is 0 Å². The molecule has 0 bridgehead atoms. The van der Waals surface area contributed by atoms with Gasteiger partial charge in [-0.15, -0.1) is 11.3 Å². The van der Waals surface area contributed by atoms with E-state index in [9.17, 15) is 5.11 Å². The Labute approximate surface area is 205 Å². The van der Waals surface area contributed by atoms with Gasteiger partial charge in [0.2, 0.25) is 0 Å². The van der Waals surface area contributed by atoms with E-state index in [-0.39, 0.29) is 6.10 Å². The van der Waals surface area contributed by atoms with Gasteiger partial charge in [0.25, 0.3) is 0 Å². The summed E-state index contributed by atoms with van der Waals surface area (Å²) >= 11 is 8.15. The highest BCUT2D eigenvalue weighted by Crippen LogP contribution is 2.49. The van der Waals surface area contributed by atoms with E-state index >= 15 is 0 Å². The van der Waals surface area contributed by atoms with E-state index in [1.165, 1.54) is 5.56 Å². The molecule has 0 saturated carbocycles. The van der Waals surface area contributed by atoms with Gasteiger partial charge in [-0.3, -0.25) is 4.98 Å². The molecule has 1 aliphatic carbocycles. The van der Waals surface area contributed by atoms with Crippen molar-refractivity contribution in [3.8, 4) is 16.9 Å². The number of fused-ring (bicyclic) bond motifs is 3. The number of rotatable bonds is 3. The Morgan fingerprint density at radius 1 is 1.15 bits per heavy atom. The maximum Gasteiger partial charge on any atom is 0.181 e. The van der Waals surface area contributed by atoms with Crippen LogP contribution in [0.5, 0.6) is 5.75 Å². The minimum atomic E-state index is -0.952. The topological polar surface area (TPSA) is 77.6 Å². The molecule has 2 atom stereocenters. The van der Waals surface area contributed by atoms with Crippen LogP contribution in [0.25, 0.3) is 21.3 Å². The van der Waals surface area contributed by atoms with E-state index < -0.39 is 5.60 Å². The summed E-state index contributed by atoms with van der Waals surface area (Å²) in [5, 5.41) is 16.1. The van der Waals surface area contributed by atoms with Crippen LogP contribution in [-0.4, -0.2) is 28.5 Å². The Balaban J connectivity index is 1.32. The molecule has 1 aromatic carbocycles. The van der Waals surface area contributed by atoms with Crippen LogP contribution in [-0.2, 0) is 29.6 Å². The molecule has 3 aromatic heterocycles. The van der Waals surface area contributed by atoms with Gasteiger partial charge in [-0.25, -0.2) is 0 Å². The summed E-state index contributed by atoms with van der Waals surface area (Å²) in [5.41, 5.74) is 5.21. The molecule has 1 N–H and O–H groups in total. The Kier molecular flexibility index (Phi) is 4.78. The molecule has 174 valence electrons. The zero-order valence-electron chi connectivity index (χ0n) is 18.5. The number of nitrogens with zero attached hydrogens (tertiary/aromatic N) is 2. The standard InChI is InChI=1S/C26H23ClN2O4S/c27-15-9-14-10-21(24-17-3-1-2-4-19(17)29-33-24)32-23(14)18(11-15)16-5-7-28-20-12-22(34-25(16)20)26(30)6-8-31-13-26/h5,7,9,11-12,21,30H,1-4,6,8,10,13H2/t21-,26-/m1/s1. The molecule has 6 nitrogen and oxygen atoms in total. The van der Waals surface area contributed by atoms with Gasteiger partial charge in [-0.2, -0.15) is 0 Å². The highest BCUT2D eigenvalue weighted by atomic mass is 35.5. The highest BCUT2D eigenvalue weighted by molar-refractivity contribution is 7.19. The van der Waals surface area contributed by atoms with Crippen LogP contribution in [0.3, 0.4) is 0 Å². The van der Waals surface area contributed by atoms with Crippen LogP contribution >= 0.6 is 22.9 Å². The minimum absolute atomic E-state index is 0.200. The quantitative estimate of drug-likeness (QED) is 0.389. The third-order valence-corrected chi connectivity index (χ3v) is 8.81. The average Bonchev–Trinajstić information content (AvgIpc) is 3.62. The van der Waals surface area contributed by atoms with Gasteiger partial charge in [-0.1, -0.05) is 16.8 Å². The van der Waals surface area contributed by atoms with E-state index in [1.54, 1.807) is 17.5 Å². The third kappa shape index (κ3) is 3.22. The lowest BCUT2D eigenvalue weighted by molar-refractivity contribution is 0.0264. The molecule has 7 rings (SSSR count). The summed E-state index contributed by atoms with van der Waals surface area (Å²) in [6.45, 7) is 0.876.